The molecule has 13 heteroatoms. The Balaban J connectivity index is 1.42. The molecule has 3 aromatic heterocycles. The molecule has 9 nitrogen and oxygen atoms in total. The van der Waals surface area contributed by atoms with Crippen LogP contribution in [0, 0.1) is 12.7 Å². The number of methoxy groups -OCH3 is 1. The fraction of sp³-hybridized carbons (Fsp3) is 0.320. The molecule has 0 aliphatic heterocycles. The van der Waals surface area contributed by atoms with E-state index in [1.54, 1.807) is 21.4 Å². The maximum Gasteiger partial charge on any atom is 0.341 e. The average molecular weight is 620 g/mol. The van der Waals surface area contributed by atoms with Gasteiger partial charge in [-0.1, -0.05) is 11.8 Å². The molecule has 0 atom stereocenters. The molecule has 0 bridgehead atoms. The van der Waals surface area contributed by atoms with Gasteiger partial charge in [-0.15, -0.1) is 21.5 Å². The van der Waals surface area contributed by atoms with Crippen molar-refractivity contribution in [3.05, 3.63) is 56.3 Å². The fourth-order valence-corrected chi connectivity index (χ4v) is 6.89. The normalized spacial score (nSPS) is 12.9. The molecular weight excluding hydrogens is 595 g/mol. The zero-order chi connectivity index (χ0) is 27.0. The number of fused-ring (bicyclic) bond motifs is 1. The monoisotopic (exact) mass is 618 g/mol. The third-order valence-electron chi connectivity index (χ3n) is 6.34. The Bertz CT molecular complexity index is 1530. The number of rotatable bonds is 7. The van der Waals surface area contributed by atoms with E-state index in [4.69, 9.17) is 4.74 Å². The number of halogens is 2. The number of aryl methyl sites for hydroxylation is 2. The second-order valence-corrected chi connectivity index (χ2v) is 11.6. The van der Waals surface area contributed by atoms with Gasteiger partial charge >= 0.3 is 5.97 Å². The molecular formula is C25H24BrFN6O3S2. The number of aromatic nitrogens is 5. The molecule has 1 aromatic carbocycles. The van der Waals surface area contributed by atoms with Crippen LogP contribution in [0.4, 0.5) is 9.39 Å². The highest BCUT2D eigenvalue weighted by atomic mass is 79.9. The number of carbonyl (C=O) groups excluding carboxylic acids is 2. The van der Waals surface area contributed by atoms with E-state index in [0.717, 1.165) is 46.3 Å². The molecule has 1 amide bonds. The van der Waals surface area contributed by atoms with E-state index in [1.165, 1.54) is 42.3 Å². The van der Waals surface area contributed by atoms with E-state index in [2.05, 4.69) is 36.5 Å². The maximum atomic E-state index is 13.7. The highest BCUT2D eigenvalue weighted by molar-refractivity contribution is 9.10. The fourth-order valence-electron chi connectivity index (χ4n) is 4.33. The number of amides is 1. The van der Waals surface area contributed by atoms with Gasteiger partial charge in [0.25, 0.3) is 0 Å². The van der Waals surface area contributed by atoms with Gasteiger partial charge in [0.15, 0.2) is 11.0 Å². The summed E-state index contributed by atoms with van der Waals surface area (Å²) in [5.41, 5.74) is 3.54. The third-order valence-corrected chi connectivity index (χ3v) is 9.42. The maximum absolute atomic E-state index is 13.7. The van der Waals surface area contributed by atoms with Gasteiger partial charge in [0.1, 0.15) is 16.5 Å². The Hall–Kier alpha value is -3.03. The Morgan fingerprint density at radius 2 is 1.95 bits per heavy atom. The SMILES string of the molecule is COC(=O)c1c(NC(=O)CSc2nnc(-c3nn(C)c(C)c3Br)n2-c2ccc(F)cc2)sc2c1CCCC2. The lowest BCUT2D eigenvalue weighted by atomic mass is 9.95. The molecule has 1 N–H and O–H groups in total. The summed E-state index contributed by atoms with van der Waals surface area (Å²) in [6.45, 7) is 1.92. The molecule has 1 aliphatic rings. The van der Waals surface area contributed by atoms with Gasteiger partial charge in [-0.05, 0) is 78.4 Å². The summed E-state index contributed by atoms with van der Waals surface area (Å²) in [6.07, 6.45) is 3.75. The molecule has 0 unspecified atom stereocenters. The van der Waals surface area contributed by atoms with Crippen molar-refractivity contribution in [3.8, 4) is 17.2 Å². The number of hydrogen-bond acceptors (Lipinski definition) is 8. The molecule has 0 fully saturated rings. The first-order valence-electron chi connectivity index (χ1n) is 11.8. The first kappa shape index (κ1) is 26.6. The molecule has 0 saturated heterocycles. The number of anilines is 1. The van der Waals surface area contributed by atoms with Crippen molar-refractivity contribution in [1.29, 1.82) is 0 Å². The van der Waals surface area contributed by atoms with E-state index in [-0.39, 0.29) is 17.5 Å². The number of benzene rings is 1. The standard InChI is InChI=1S/C25H24BrFN6O3S2/c1-13-20(26)21(31-32(13)2)22-29-30-25(33(22)15-10-8-14(27)9-11-15)37-12-18(34)28-23-19(24(35)36-3)16-6-4-5-7-17(16)38-23/h8-11H,4-7,12H2,1-3H3,(H,28,34). The second kappa shape index (κ2) is 11.0. The number of thiophene rings is 1. The Morgan fingerprint density at radius 1 is 1.21 bits per heavy atom. The van der Waals surface area contributed by atoms with Crippen LogP contribution >= 0.6 is 39.0 Å². The average Bonchev–Trinajstić information content (AvgIpc) is 3.57. The van der Waals surface area contributed by atoms with Gasteiger partial charge in [-0.2, -0.15) is 5.10 Å². The molecule has 38 heavy (non-hydrogen) atoms. The lowest BCUT2D eigenvalue weighted by Gasteiger charge is -2.12. The van der Waals surface area contributed by atoms with Crippen LogP contribution in [0.2, 0.25) is 0 Å². The Labute approximate surface area is 234 Å². The van der Waals surface area contributed by atoms with Gasteiger partial charge in [-0.3, -0.25) is 14.0 Å². The van der Waals surface area contributed by atoms with E-state index >= 15 is 0 Å². The Kier molecular flexibility index (Phi) is 7.68. The lowest BCUT2D eigenvalue weighted by molar-refractivity contribution is -0.113. The molecule has 0 saturated carbocycles. The van der Waals surface area contributed by atoms with Crippen LogP contribution < -0.4 is 5.32 Å². The highest BCUT2D eigenvalue weighted by Gasteiger charge is 2.27. The number of nitrogens with zero attached hydrogens (tertiary/aromatic N) is 5. The van der Waals surface area contributed by atoms with E-state index in [1.807, 2.05) is 14.0 Å². The topological polar surface area (TPSA) is 104 Å². The van der Waals surface area contributed by atoms with Crippen molar-refractivity contribution in [3.63, 3.8) is 0 Å². The minimum absolute atomic E-state index is 0.0188. The predicted molar refractivity (Wildman–Crippen MR) is 148 cm³/mol. The number of hydrogen-bond donors (Lipinski definition) is 1. The van der Waals surface area contributed by atoms with E-state index in [9.17, 15) is 14.0 Å². The molecule has 1 aliphatic carbocycles. The zero-order valence-electron chi connectivity index (χ0n) is 20.9. The van der Waals surface area contributed by atoms with Crippen LogP contribution in [0.25, 0.3) is 17.2 Å². The van der Waals surface area contributed by atoms with Crippen LogP contribution in [0.5, 0.6) is 0 Å². The van der Waals surface area contributed by atoms with Crippen molar-refractivity contribution >= 4 is 55.9 Å². The van der Waals surface area contributed by atoms with Gasteiger partial charge in [-0.25, -0.2) is 9.18 Å². The molecule has 0 spiro atoms. The minimum Gasteiger partial charge on any atom is -0.465 e. The number of nitrogens with one attached hydrogen (secondary N) is 1. The number of esters is 1. The van der Waals surface area contributed by atoms with Crippen LogP contribution in [-0.2, 0) is 29.4 Å². The Morgan fingerprint density at radius 3 is 2.63 bits per heavy atom. The molecule has 4 aromatic rings. The summed E-state index contributed by atoms with van der Waals surface area (Å²) in [5.74, 6) is -0.626. The summed E-state index contributed by atoms with van der Waals surface area (Å²) in [7, 11) is 3.17. The molecule has 5 rings (SSSR count). The van der Waals surface area contributed by atoms with Crippen molar-refractivity contribution < 1.29 is 18.7 Å². The number of thioether (sulfide) groups is 1. The van der Waals surface area contributed by atoms with E-state index < -0.39 is 5.97 Å². The highest BCUT2D eigenvalue weighted by Crippen LogP contribution is 2.39. The summed E-state index contributed by atoms with van der Waals surface area (Å²) >= 11 is 6.20. The van der Waals surface area contributed by atoms with Gasteiger partial charge in [0, 0.05) is 23.3 Å². The predicted octanol–water partition coefficient (Wildman–Crippen LogP) is 5.34. The largest absolute Gasteiger partial charge is 0.465 e. The summed E-state index contributed by atoms with van der Waals surface area (Å²) < 4.78 is 22.9. The summed E-state index contributed by atoms with van der Waals surface area (Å²) in [6, 6.07) is 5.95. The first-order valence-corrected chi connectivity index (χ1v) is 14.4. The van der Waals surface area contributed by atoms with Gasteiger partial charge < -0.3 is 10.1 Å². The zero-order valence-corrected chi connectivity index (χ0v) is 24.1. The van der Waals surface area contributed by atoms with Crippen LogP contribution in [0.15, 0.2) is 33.9 Å². The van der Waals surface area contributed by atoms with Crippen molar-refractivity contribution in [1.82, 2.24) is 24.5 Å². The lowest BCUT2D eigenvalue weighted by Crippen LogP contribution is -2.17. The molecule has 3 heterocycles. The summed E-state index contributed by atoms with van der Waals surface area (Å²) in [4.78, 5) is 26.7. The van der Waals surface area contributed by atoms with Crippen molar-refractivity contribution in [2.45, 2.75) is 37.8 Å². The smallest absolute Gasteiger partial charge is 0.341 e. The summed E-state index contributed by atoms with van der Waals surface area (Å²) in [5, 5.41) is 17.1. The van der Waals surface area contributed by atoms with E-state index in [0.29, 0.717) is 32.9 Å². The van der Waals surface area contributed by atoms with Crippen LogP contribution in [0.3, 0.4) is 0 Å². The van der Waals surface area contributed by atoms with Crippen LogP contribution in [0.1, 0.15) is 39.3 Å². The minimum atomic E-state index is -0.440. The number of ether oxygens (including phenoxy) is 1. The second-order valence-electron chi connectivity index (χ2n) is 8.73. The first-order chi connectivity index (χ1) is 18.3. The molecule has 0 radical (unpaired) electrons. The third kappa shape index (κ3) is 5.02. The van der Waals surface area contributed by atoms with Gasteiger partial charge in [0.2, 0.25) is 5.91 Å². The number of carbonyl (C=O) groups is 2. The van der Waals surface area contributed by atoms with Gasteiger partial charge in [0.05, 0.1) is 22.9 Å². The van der Waals surface area contributed by atoms with Crippen LogP contribution in [-0.4, -0.2) is 49.3 Å². The molecule has 198 valence electrons. The van der Waals surface area contributed by atoms with Crippen molar-refractivity contribution in [2.75, 3.05) is 18.2 Å². The quantitative estimate of drug-likeness (QED) is 0.220. The van der Waals surface area contributed by atoms with Crippen molar-refractivity contribution in [2.24, 2.45) is 7.05 Å².